The number of nitrogens with zero attached hydrogens (tertiary/aromatic N) is 4. The molecule has 0 bridgehead atoms. The minimum Gasteiger partial charge on any atom is -0.475 e. The molecular formula is C10H11BrN4O7S. The van der Waals surface area contributed by atoms with Crippen molar-refractivity contribution in [1.29, 1.82) is 0 Å². The molecule has 1 aliphatic heterocycles. The van der Waals surface area contributed by atoms with Gasteiger partial charge in [0.25, 0.3) is 5.69 Å². The zero-order chi connectivity index (χ0) is 17.4. The van der Waals surface area contributed by atoms with Crippen LogP contribution >= 0.6 is 15.9 Å². The van der Waals surface area contributed by atoms with Gasteiger partial charge in [-0.1, -0.05) is 0 Å². The van der Waals surface area contributed by atoms with Crippen LogP contribution in [0.5, 0.6) is 5.88 Å². The molecule has 0 aliphatic carbocycles. The zero-order valence-electron chi connectivity index (χ0n) is 11.6. The van der Waals surface area contributed by atoms with Crippen LogP contribution in [0.3, 0.4) is 0 Å². The number of ether oxygens (including phenoxy) is 1. The Kier molecular flexibility index (Phi) is 4.72. The molecule has 1 N–H and O–H groups in total. The first-order valence-electron chi connectivity index (χ1n) is 6.06. The van der Waals surface area contributed by atoms with Crippen LogP contribution in [-0.2, 0) is 10.2 Å². The summed E-state index contributed by atoms with van der Waals surface area (Å²) in [4.78, 5) is 24.9. The van der Waals surface area contributed by atoms with E-state index in [1.165, 1.54) is 13.1 Å². The number of aromatic nitrogens is 1. The molecule has 1 aromatic heterocycles. The number of carbonyl (C=O) groups is 1. The fourth-order valence-corrected chi connectivity index (χ4v) is 3.79. The molecule has 11 nitrogen and oxygen atoms in total. The number of amides is 1. The lowest BCUT2D eigenvalue weighted by atomic mass is 10.3. The SMILES string of the molecule is CN1CC(COc2ncc([N+](=O)[O-])cc2Br)N(C(=O)O)S1(=O)=O. The van der Waals surface area contributed by atoms with E-state index in [9.17, 15) is 23.3 Å². The van der Waals surface area contributed by atoms with Gasteiger partial charge in [0.05, 0.1) is 9.40 Å². The van der Waals surface area contributed by atoms with Crippen molar-refractivity contribution < 1.29 is 28.0 Å². The summed E-state index contributed by atoms with van der Waals surface area (Å²) in [6.45, 7) is -0.349. The Morgan fingerprint density at radius 3 is 2.83 bits per heavy atom. The summed E-state index contributed by atoms with van der Waals surface area (Å²) in [7, 11) is -2.83. The minimum absolute atomic E-state index is 0.00658. The van der Waals surface area contributed by atoms with Crippen molar-refractivity contribution in [2.24, 2.45) is 0 Å². The van der Waals surface area contributed by atoms with E-state index in [0.717, 1.165) is 10.5 Å². The number of pyridine rings is 1. The third-order valence-corrected chi connectivity index (χ3v) is 5.50. The van der Waals surface area contributed by atoms with Crippen molar-refractivity contribution in [1.82, 2.24) is 13.6 Å². The zero-order valence-corrected chi connectivity index (χ0v) is 14.0. The predicted octanol–water partition coefficient (Wildman–Crippen LogP) is 0.670. The summed E-state index contributed by atoms with van der Waals surface area (Å²) in [5.74, 6) is -0.00658. The van der Waals surface area contributed by atoms with E-state index < -0.39 is 27.3 Å². The van der Waals surface area contributed by atoms with Crippen LogP contribution in [0, 0.1) is 10.1 Å². The fraction of sp³-hybridized carbons (Fsp3) is 0.400. The smallest absolute Gasteiger partial charge is 0.422 e. The first kappa shape index (κ1) is 17.4. The maximum Gasteiger partial charge on any atom is 0.422 e. The second kappa shape index (κ2) is 6.25. The van der Waals surface area contributed by atoms with Crippen LogP contribution in [0.1, 0.15) is 0 Å². The summed E-state index contributed by atoms with van der Waals surface area (Å²) in [6, 6.07) is 0.223. The average Bonchev–Trinajstić information content (AvgIpc) is 2.67. The van der Waals surface area contributed by atoms with E-state index in [2.05, 4.69) is 20.9 Å². The van der Waals surface area contributed by atoms with Gasteiger partial charge in [-0.05, 0) is 15.9 Å². The van der Waals surface area contributed by atoms with Gasteiger partial charge in [0, 0.05) is 19.7 Å². The molecule has 2 heterocycles. The van der Waals surface area contributed by atoms with Gasteiger partial charge < -0.3 is 9.84 Å². The molecule has 1 fully saturated rings. The molecular weight excluding hydrogens is 400 g/mol. The average molecular weight is 411 g/mol. The van der Waals surface area contributed by atoms with Crippen LogP contribution in [0.25, 0.3) is 0 Å². The Morgan fingerprint density at radius 1 is 1.65 bits per heavy atom. The lowest BCUT2D eigenvalue weighted by Crippen LogP contribution is -2.42. The molecule has 0 radical (unpaired) electrons. The molecule has 0 saturated carbocycles. The Bertz CT molecular complexity index is 756. The number of rotatable bonds is 4. The molecule has 126 valence electrons. The van der Waals surface area contributed by atoms with Crippen molar-refractivity contribution in [3.05, 3.63) is 26.9 Å². The number of nitro groups is 1. The molecule has 1 aliphatic rings. The van der Waals surface area contributed by atoms with Crippen LogP contribution in [0.4, 0.5) is 10.5 Å². The Labute approximate surface area is 138 Å². The highest BCUT2D eigenvalue weighted by molar-refractivity contribution is 9.10. The van der Waals surface area contributed by atoms with Crippen molar-refractivity contribution in [3.8, 4) is 5.88 Å². The van der Waals surface area contributed by atoms with Gasteiger partial charge in [0.1, 0.15) is 18.8 Å². The summed E-state index contributed by atoms with van der Waals surface area (Å²) >= 11 is 3.05. The molecule has 1 unspecified atom stereocenters. The number of likely N-dealkylation sites (N-methyl/N-ethyl adjacent to an activating group) is 1. The third kappa shape index (κ3) is 3.35. The highest BCUT2D eigenvalue weighted by Gasteiger charge is 2.45. The minimum atomic E-state index is -4.08. The number of hydrogen-bond acceptors (Lipinski definition) is 7. The molecule has 0 spiro atoms. The van der Waals surface area contributed by atoms with Crippen LogP contribution in [0.2, 0.25) is 0 Å². The summed E-state index contributed by atoms with van der Waals surface area (Å²) in [5, 5.41) is 19.7. The highest BCUT2D eigenvalue weighted by Crippen LogP contribution is 2.28. The second-order valence-electron chi connectivity index (χ2n) is 4.57. The Morgan fingerprint density at radius 2 is 2.30 bits per heavy atom. The Balaban J connectivity index is 2.15. The number of halogens is 1. The maximum atomic E-state index is 11.9. The summed E-state index contributed by atoms with van der Waals surface area (Å²) in [5.41, 5.74) is -0.250. The molecule has 23 heavy (non-hydrogen) atoms. The van der Waals surface area contributed by atoms with Crippen molar-refractivity contribution in [2.45, 2.75) is 6.04 Å². The highest BCUT2D eigenvalue weighted by atomic mass is 79.9. The third-order valence-electron chi connectivity index (χ3n) is 3.05. The van der Waals surface area contributed by atoms with Gasteiger partial charge in [-0.25, -0.2) is 9.78 Å². The second-order valence-corrected chi connectivity index (χ2v) is 7.34. The van der Waals surface area contributed by atoms with Crippen LogP contribution in [0.15, 0.2) is 16.7 Å². The lowest BCUT2D eigenvalue weighted by molar-refractivity contribution is -0.385. The number of hydrogen-bond donors (Lipinski definition) is 1. The van der Waals surface area contributed by atoms with Gasteiger partial charge in [0.15, 0.2) is 0 Å². The molecule has 1 aromatic rings. The monoisotopic (exact) mass is 410 g/mol. The van der Waals surface area contributed by atoms with Crippen LogP contribution in [-0.4, -0.2) is 64.4 Å². The van der Waals surface area contributed by atoms with E-state index in [-0.39, 0.29) is 29.2 Å². The van der Waals surface area contributed by atoms with E-state index in [1.54, 1.807) is 0 Å². The maximum absolute atomic E-state index is 11.9. The topological polar surface area (TPSA) is 143 Å². The van der Waals surface area contributed by atoms with Gasteiger partial charge in [0.2, 0.25) is 5.88 Å². The molecule has 1 atom stereocenters. The van der Waals surface area contributed by atoms with Crippen molar-refractivity contribution in [3.63, 3.8) is 0 Å². The van der Waals surface area contributed by atoms with Gasteiger partial charge >= 0.3 is 16.3 Å². The van der Waals surface area contributed by atoms with Crippen molar-refractivity contribution in [2.75, 3.05) is 20.2 Å². The molecule has 13 heteroatoms. The van der Waals surface area contributed by atoms with E-state index >= 15 is 0 Å². The first-order chi connectivity index (χ1) is 10.6. The van der Waals surface area contributed by atoms with Gasteiger partial charge in [-0.2, -0.15) is 17.0 Å². The van der Waals surface area contributed by atoms with Crippen LogP contribution < -0.4 is 4.74 Å². The first-order valence-corrected chi connectivity index (χ1v) is 8.25. The molecule has 2 rings (SSSR count). The quantitative estimate of drug-likeness (QED) is 0.563. The molecule has 0 aromatic carbocycles. The van der Waals surface area contributed by atoms with Gasteiger partial charge in [-0.15, -0.1) is 0 Å². The normalized spacial score (nSPS) is 20.4. The fourth-order valence-electron chi connectivity index (χ4n) is 1.98. The summed E-state index contributed by atoms with van der Waals surface area (Å²) < 4.78 is 30.4. The van der Waals surface area contributed by atoms with Gasteiger partial charge in [-0.3, -0.25) is 10.1 Å². The lowest BCUT2D eigenvalue weighted by Gasteiger charge is -2.18. The van der Waals surface area contributed by atoms with E-state index in [0.29, 0.717) is 4.31 Å². The number of carboxylic acid groups (broad SMARTS) is 1. The standard InChI is InChI=1S/C10H11BrN4O7S/c1-13-4-7(14(10(16)17)23(13,20)21)5-22-9-8(11)2-6(3-12-9)15(18)19/h2-3,7H,4-5H2,1H3,(H,16,17). The summed E-state index contributed by atoms with van der Waals surface area (Å²) in [6.07, 6.45) is -0.634. The predicted molar refractivity (Wildman–Crippen MR) is 79.3 cm³/mol. The molecule has 1 saturated heterocycles. The molecule has 1 amide bonds. The largest absolute Gasteiger partial charge is 0.475 e. The van der Waals surface area contributed by atoms with E-state index in [1.807, 2.05) is 0 Å². The van der Waals surface area contributed by atoms with E-state index in [4.69, 9.17) is 9.84 Å². The van der Waals surface area contributed by atoms with Crippen molar-refractivity contribution >= 4 is 37.9 Å². The Hall–Kier alpha value is -1.99.